The fourth-order valence-corrected chi connectivity index (χ4v) is 4.84. The molecule has 0 fully saturated rings. The average molecular weight is 382 g/mol. The second kappa shape index (κ2) is 5.88. The number of sulfonamides is 1. The van der Waals surface area contributed by atoms with Crippen LogP contribution in [0.3, 0.4) is 0 Å². The van der Waals surface area contributed by atoms with Gasteiger partial charge in [0.2, 0.25) is 0 Å². The van der Waals surface area contributed by atoms with E-state index in [1.807, 2.05) is 0 Å². The molecule has 1 aromatic carbocycles. The van der Waals surface area contributed by atoms with E-state index >= 15 is 0 Å². The van der Waals surface area contributed by atoms with E-state index in [0.29, 0.717) is 9.35 Å². The largest absolute Gasteiger partial charge is 0.250 e. The number of nitrogens with one attached hydrogen (secondary N) is 1. The molecule has 0 aliphatic heterocycles. The van der Waals surface area contributed by atoms with Crippen LogP contribution in [0.25, 0.3) is 0 Å². The summed E-state index contributed by atoms with van der Waals surface area (Å²) in [5, 5.41) is 0. The summed E-state index contributed by atoms with van der Waals surface area (Å²) < 4.78 is 53.4. The van der Waals surface area contributed by atoms with Crippen molar-refractivity contribution in [1.29, 1.82) is 0 Å². The molecular weight excluding hydrogens is 372 g/mol. The second-order valence-electron chi connectivity index (χ2n) is 4.08. The highest BCUT2D eigenvalue weighted by Crippen LogP contribution is 2.27. The van der Waals surface area contributed by atoms with Crippen molar-refractivity contribution in [3.63, 3.8) is 0 Å². The Kier molecular flexibility index (Phi) is 4.58. The topological polar surface area (TPSA) is 46.2 Å². The van der Waals surface area contributed by atoms with E-state index in [-0.39, 0.29) is 4.21 Å². The van der Waals surface area contributed by atoms with Crippen molar-refractivity contribution in [2.75, 3.05) is 0 Å². The van der Waals surface area contributed by atoms with Crippen LogP contribution in [0.5, 0.6) is 0 Å². The standard InChI is InChI=1S/C12H10BrF2NO2S2/c1-7(8-2-3-9(14)10(15)6-8)16-20(17,18)12-5-4-11(13)19-12/h2-7,16H,1H3/t7-/m0/s1. The van der Waals surface area contributed by atoms with Crippen LogP contribution in [-0.2, 0) is 10.0 Å². The Morgan fingerprint density at radius 1 is 1.20 bits per heavy atom. The first kappa shape index (κ1) is 15.6. The molecule has 0 unspecified atom stereocenters. The molecule has 0 radical (unpaired) electrons. The molecule has 0 amide bonds. The molecule has 20 heavy (non-hydrogen) atoms. The van der Waals surface area contributed by atoms with Crippen molar-refractivity contribution in [1.82, 2.24) is 4.72 Å². The zero-order valence-corrected chi connectivity index (χ0v) is 13.4. The van der Waals surface area contributed by atoms with Crippen molar-refractivity contribution in [3.8, 4) is 0 Å². The van der Waals surface area contributed by atoms with Gasteiger partial charge in [-0.05, 0) is 52.7 Å². The smallest absolute Gasteiger partial charge is 0.206 e. The van der Waals surface area contributed by atoms with Crippen LogP contribution in [0.1, 0.15) is 18.5 Å². The molecule has 1 atom stereocenters. The zero-order chi connectivity index (χ0) is 14.9. The lowest BCUT2D eigenvalue weighted by Crippen LogP contribution is -2.26. The average Bonchev–Trinajstić information content (AvgIpc) is 2.79. The first-order chi connectivity index (χ1) is 9.29. The van der Waals surface area contributed by atoms with Gasteiger partial charge < -0.3 is 0 Å². The number of benzene rings is 1. The lowest BCUT2D eigenvalue weighted by atomic mass is 10.1. The lowest BCUT2D eigenvalue weighted by molar-refractivity contribution is 0.504. The Morgan fingerprint density at radius 2 is 1.90 bits per heavy atom. The van der Waals surface area contributed by atoms with Crippen molar-refractivity contribution < 1.29 is 17.2 Å². The maximum atomic E-state index is 13.1. The van der Waals surface area contributed by atoms with Crippen LogP contribution in [0.4, 0.5) is 8.78 Å². The van der Waals surface area contributed by atoms with Gasteiger partial charge in [0.05, 0.1) is 3.79 Å². The molecule has 0 bridgehead atoms. The van der Waals surface area contributed by atoms with Crippen LogP contribution < -0.4 is 4.72 Å². The number of hydrogen-bond donors (Lipinski definition) is 1. The fraction of sp³-hybridized carbons (Fsp3) is 0.167. The Labute approximate surface area is 127 Å². The van der Waals surface area contributed by atoms with E-state index in [4.69, 9.17) is 0 Å². The van der Waals surface area contributed by atoms with Gasteiger partial charge >= 0.3 is 0 Å². The minimum absolute atomic E-state index is 0.152. The quantitative estimate of drug-likeness (QED) is 0.874. The summed E-state index contributed by atoms with van der Waals surface area (Å²) in [7, 11) is -3.69. The molecule has 0 saturated carbocycles. The van der Waals surface area contributed by atoms with E-state index in [2.05, 4.69) is 20.7 Å². The third kappa shape index (κ3) is 3.43. The van der Waals surface area contributed by atoms with Gasteiger partial charge in [0, 0.05) is 6.04 Å². The van der Waals surface area contributed by atoms with Gasteiger partial charge in [0.15, 0.2) is 11.6 Å². The normalized spacial score (nSPS) is 13.4. The second-order valence-corrected chi connectivity index (χ2v) is 8.48. The van der Waals surface area contributed by atoms with E-state index in [9.17, 15) is 17.2 Å². The molecule has 0 spiro atoms. The summed E-state index contributed by atoms with van der Waals surface area (Å²) in [5.74, 6) is -1.97. The highest BCUT2D eigenvalue weighted by molar-refractivity contribution is 9.11. The van der Waals surface area contributed by atoms with Crippen molar-refractivity contribution >= 4 is 37.3 Å². The maximum absolute atomic E-state index is 13.1. The predicted octanol–water partition coefficient (Wildman–Crippen LogP) is 3.83. The molecule has 1 heterocycles. The minimum atomic E-state index is -3.69. The Balaban J connectivity index is 2.22. The zero-order valence-electron chi connectivity index (χ0n) is 10.2. The lowest BCUT2D eigenvalue weighted by Gasteiger charge is -2.14. The summed E-state index contributed by atoms with van der Waals surface area (Å²) in [6, 6.07) is 5.72. The molecule has 3 nitrogen and oxygen atoms in total. The van der Waals surface area contributed by atoms with Gasteiger partial charge in [-0.25, -0.2) is 21.9 Å². The first-order valence-corrected chi connectivity index (χ1v) is 8.61. The summed E-state index contributed by atoms with van der Waals surface area (Å²) in [6.45, 7) is 1.56. The molecule has 0 aliphatic rings. The summed E-state index contributed by atoms with van der Waals surface area (Å²) in [4.78, 5) is 0. The fourth-order valence-electron chi connectivity index (χ4n) is 1.58. The number of rotatable bonds is 4. The molecule has 0 aliphatic carbocycles. The third-order valence-electron chi connectivity index (χ3n) is 2.59. The first-order valence-electron chi connectivity index (χ1n) is 5.52. The Hall–Kier alpha value is -0.830. The maximum Gasteiger partial charge on any atom is 0.250 e. The molecule has 0 saturated heterocycles. The van der Waals surface area contributed by atoms with E-state index in [0.717, 1.165) is 23.5 Å². The van der Waals surface area contributed by atoms with Gasteiger partial charge in [0.25, 0.3) is 10.0 Å². The summed E-state index contributed by atoms with van der Waals surface area (Å²) in [5.41, 5.74) is 0.350. The molecule has 1 N–H and O–H groups in total. The third-order valence-corrected chi connectivity index (χ3v) is 6.25. The van der Waals surface area contributed by atoms with Gasteiger partial charge in [-0.3, -0.25) is 0 Å². The van der Waals surface area contributed by atoms with Crippen molar-refractivity contribution in [2.45, 2.75) is 17.2 Å². The SMILES string of the molecule is C[C@H](NS(=O)(=O)c1ccc(Br)s1)c1ccc(F)c(F)c1. The van der Waals surface area contributed by atoms with Crippen molar-refractivity contribution in [3.05, 3.63) is 51.3 Å². The monoisotopic (exact) mass is 381 g/mol. The molecule has 108 valence electrons. The molecule has 2 aromatic rings. The van der Waals surface area contributed by atoms with Gasteiger partial charge in [-0.15, -0.1) is 11.3 Å². The molecular formula is C12H10BrF2NO2S2. The van der Waals surface area contributed by atoms with Crippen LogP contribution >= 0.6 is 27.3 Å². The highest BCUT2D eigenvalue weighted by atomic mass is 79.9. The van der Waals surface area contributed by atoms with E-state index < -0.39 is 27.7 Å². The molecule has 8 heteroatoms. The van der Waals surface area contributed by atoms with Crippen LogP contribution in [-0.4, -0.2) is 8.42 Å². The van der Waals surface area contributed by atoms with Gasteiger partial charge in [-0.2, -0.15) is 0 Å². The van der Waals surface area contributed by atoms with E-state index in [1.165, 1.54) is 12.1 Å². The number of thiophene rings is 1. The van der Waals surface area contributed by atoms with Gasteiger partial charge in [-0.1, -0.05) is 6.07 Å². The van der Waals surface area contributed by atoms with Crippen molar-refractivity contribution in [2.24, 2.45) is 0 Å². The number of hydrogen-bond acceptors (Lipinski definition) is 3. The molecule has 2 rings (SSSR count). The minimum Gasteiger partial charge on any atom is -0.206 e. The van der Waals surface area contributed by atoms with Gasteiger partial charge in [0.1, 0.15) is 4.21 Å². The van der Waals surface area contributed by atoms with Crippen LogP contribution in [0.15, 0.2) is 38.3 Å². The van der Waals surface area contributed by atoms with E-state index in [1.54, 1.807) is 13.0 Å². The Bertz CT molecular complexity index is 731. The highest BCUT2D eigenvalue weighted by Gasteiger charge is 2.20. The number of halogens is 3. The molecule has 1 aromatic heterocycles. The predicted molar refractivity (Wildman–Crippen MR) is 77.1 cm³/mol. The van der Waals surface area contributed by atoms with Crippen LogP contribution in [0.2, 0.25) is 0 Å². The Morgan fingerprint density at radius 3 is 2.45 bits per heavy atom. The summed E-state index contributed by atoms with van der Waals surface area (Å²) >= 11 is 4.26. The van der Waals surface area contributed by atoms with Crippen LogP contribution in [0, 0.1) is 11.6 Å². The summed E-state index contributed by atoms with van der Waals surface area (Å²) in [6.07, 6.45) is 0.